The molecule has 6 heteroatoms. The van der Waals surface area contributed by atoms with Crippen LogP contribution in [0.2, 0.25) is 0 Å². The summed E-state index contributed by atoms with van der Waals surface area (Å²) in [7, 11) is 1.47. The molecule has 0 atom stereocenters. The number of nitrogens with one attached hydrogen (secondary N) is 1. The molecule has 0 unspecified atom stereocenters. The van der Waals surface area contributed by atoms with Gasteiger partial charge in [-0.05, 0) is 38.5 Å². The molecule has 2 amide bonds. The molecule has 1 aromatic carbocycles. The molecule has 6 nitrogen and oxygen atoms in total. The minimum Gasteiger partial charge on any atom is -0.493 e. The van der Waals surface area contributed by atoms with Gasteiger partial charge in [0.2, 0.25) is 0 Å². The lowest BCUT2D eigenvalue weighted by Gasteiger charge is -2.26. The van der Waals surface area contributed by atoms with Crippen molar-refractivity contribution in [3.63, 3.8) is 0 Å². The van der Waals surface area contributed by atoms with Gasteiger partial charge in [0, 0.05) is 11.1 Å². The Morgan fingerprint density at radius 2 is 1.95 bits per heavy atom. The van der Waals surface area contributed by atoms with E-state index in [2.05, 4.69) is 12.2 Å². The highest BCUT2D eigenvalue weighted by Crippen LogP contribution is 2.28. The van der Waals surface area contributed by atoms with Gasteiger partial charge in [0.05, 0.1) is 7.11 Å². The maximum Gasteiger partial charge on any atom is 0.255 e. The lowest BCUT2D eigenvalue weighted by atomic mass is 9.98. The van der Waals surface area contributed by atoms with Gasteiger partial charge in [-0.15, -0.1) is 0 Å². The first kappa shape index (κ1) is 17.8. The van der Waals surface area contributed by atoms with E-state index in [1.807, 2.05) is 13.8 Å². The van der Waals surface area contributed by atoms with Gasteiger partial charge in [0.25, 0.3) is 11.8 Å². The van der Waals surface area contributed by atoms with Gasteiger partial charge in [-0.2, -0.15) is 0 Å². The van der Waals surface area contributed by atoms with Crippen LogP contribution < -0.4 is 20.5 Å². The van der Waals surface area contributed by atoms with Crippen LogP contribution >= 0.6 is 0 Å². The average molecular weight is 308 g/mol. The van der Waals surface area contributed by atoms with Gasteiger partial charge in [-0.25, -0.2) is 0 Å². The van der Waals surface area contributed by atoms with E-state index in [4.69, 9.17) is 15.2 Å². The number of methoxy groups -OCH3 is 1. The predicted molar refractivity (Wildman–Crippen MR) is 84.1 cm³/mol. The van der Waals surface area contributed by atoms with Crippen LogP contribution in [-0.4, -0.2) is 31.1 Å². The summed E-state index contributed by atoms with van der Waals surface area (Å²) in [6.45, 7) is 5.79. The fraction of sp³-hybridized carbons (Fsp3) is 0.500. The van der Waals surface area contributed by atoms with E-state index in [1.165, 1.54) is 7.11 Å². The molecule has 0 fully saturated rings. The first-order valence-corrected chi connectivity index (χ1v) is 7.20. The van der Waals surface area contributed by atoms with Crippen LogP contribution in [0.4, 0.5) is 0 Å². The first-order valence-electron chi connectivity index (χ1n) is 7.20. The van der Waals surface area contributed by atoms with Crippen LogP contribution in [0.3, 0.4) is 0 Å². The summed E-state index contributed by atoms with van der Waals surface area (Å²) >= 11 is 0. The van der Waals surface area contributed by atoms with Crippen LogP contribution in [0, 0.1) is 0 Å². The van der Waals surface area contributed by atoms with Crippen LogP contribution in [-0.2, 0) is 4.79 Å². The van der Waals surface area contributed by atoms with E-state index in [9.17, 15) is 9.59 Å². The quantitative estimate of drug-likeness (QED) is 0.767. The molecule has 0 bridgehead atoms. The van der Waals surface area contributed by atoms with Crippen molar-refractivity contribution < 1.29 is 19.1 Å². The van der Waals surface area contributed by atoms with Crippen molar-refractivity contribution in [3.05, 3.63) is 23.8 Å². The molecule has 1 rings (SSSR count). The average Bonchev–Trinajstić information content (AvgIpc) is 2.44. The molecule has 0 aliphatic heterocycles. The van der Waals surface area contributed by atoms with E-state index in [1.54, 1.807) is 18.2 Å². The van der Waals surface area contributed by atoms with Crippen molar-refractivity contribution in [2.45, 2.75) is 39.2 Å². The molecule has 0 aliphatic carbocycles. The summed E-state index contributed by atoms with van der Waals surface area (Å²) in [5.74, 6) is -0.0174. The highest BCUT2D eigenvalue weighted by Gasteiger charge is 2.21. The van der Waals surface area contributed by atoms with Crippen molar-refractivity contribution in [2.24, 2.45) is 5.73 Å². The van der Waals surface area contributed by atoms with Crippen LogP contribution in [0.5, 0.6) is 11.5 Å². The number of carbonyl (C=O) groups is 2. The number of rotatable bonds is 8. The molecule has 0 spiro atoms. The zero-order valence-corrected chi connectivity index (χ0v) is 13.6. The Morgan fingerprint density at radius 1 is 1.27 bits per heavy atom. The molecular weight excluding hydrogens is 284 g/mol. The maximum absolute atomic E-state index is 12.3. The van der Waals surface area contributed by atoms with Gasteiger partial charge in [-0.3, -0.25) is 9.59 Å². The molecule has 0 saturated heterocycles. The number of primary amides is 1. The lowest BCUT2D eigenvalue weighted by Crippen LogP contribution is -2.43. The van der Waals surface area contributed by atoms with E-state index >= 15 is 0 Å². The van der Waals surface area contributed by atoms with Crippen molar-refractivity contribution in [2.75, 3.05) is 13.7 Å². The molecule has 0 radical (unpaired) electrons. The van der Waals surface area contributed by atoms with Crippen molar-refractivity contribution in [3.8, 4) is 11.5 Å². The van der Waals surface area contributed by atoms with Crippen molar-refractivity contribution in [1.29, 1.82) is 0 Å². The van der Waals surface area contributed by atoms with Crippen LogP contribution in [0.1, 0.15) is 44.0 Å². The smallest absolute Gasteiger partial charge is 0.255 e. The highest BCUT2D eigenvalue weighted by molar-refractivity contribution is 5.95. The Hall–Kier alpha value is -2.24. The van der Waals surface area contributed by atoms with Crippen molar-refractivity contribution >= 4 is 11.8 Å². The Balaban J connectivity index is 2.88. The number of hydrogen-bond acceptors (Lipinski definition) is 4. The maximum atomic E-state index is 12.3. The zero-order chi connectivity index (χ0) is 16.8. The third-order valence-corrected chi connectivity index (χ3v) is 3.12. The second-order valence-electron chi connectivity index (χ2n) is 5.71. The monoisotopic (exact) mass is 308 g/mol. The molecule has 1 aromatic rings. The number of ether oxygens (including phenoxy) is 2. The van der Waals surface area contributed by atoms with Gasteiger partial charge >= 0.3 is 0 Å². The zero-order valence-electron chi connectivity index (χ0n) is 13.6. The summed E-state index contributed by atoms with van der Waals surface area (Å²) < 4.78 is 10.4. The van der Waals surface area contributed by atoms with E-state index in [-0.39, 0.29) is 18.1 Å². The SMILES string of the molecule is CCCC(C)(C)NC(=O)c1ccc(OCC(N)=O)c(OC)c1. The summed E-state index contributed by atoms with van der Waals surface area (Å²) in [5, 5.41) is 2.99. The fourth-order valence-electron chi connectivity index (χ4n) is 2.14. The molecule has 0 heterocycles. The Bertz CT molecular complexity index is 541. The van der Waals surface area contributed by atoms with Crippen molar-refractivity contribution in [1.82, 2.24) is 5.32 Å². The second-order valence-corrected chi connectivity index (χ2v) is 5.71. The third-order valence-electron chi connectivity index (χ3n) is 3.12. The Kier molecular flexibility index (Phi) is 6.22. The molecular formula is C16H24N2O4. The standard InChI is InChI=1S/C16H24N2O4/c1-5-8-16(2,3)18-15(20)11-6-7-12(13(9-11)21-4)22-10-14(17)19/h6-7,9H,5,8,10H2,1-4H3,(H2,17,19)(H,18,20). The van der Waals surface area contributed by atoms with Gasteiger partial charge in [0.15, 0.2) is 18.1 Å². The van der Waals surface area contributed by atoms with E-state index < -0.39 is 5.91 Å². The molecule has 0 saturated carbocycles. The number of carbonyl (C=O) groups excluding carboxylic acids is 2. The summed E-state index contributed by atoms with van der Waals surface area (Å²) in [4.78, 5) is 23.1. The highest BCUT2D eigenvalue weighted by atomic mass is 16.5. The summed E-state index contributed by atoms with van der Waals surface area (Å²) in [6, 6.07) is 4.79. The summed E-state index contributed by atoms with van der Waals surface area (Å²) in [6.07, 6.45) is 1.87. The predicted octanol–water partition coefficient (Wildman–Crippen LogP) is 1.87. The number of amides is 2. The largest absolute Gasteiger partial charge is 0.493 e. The normalized spacial score (nSPS) is 10.9. The van der Waals surface area contributed by atoms with Gasteiger partial charge in [0.1, 0.15) is 0 Å². The molecule has 0 aromatic heterocycles. The second kappa shape index (κ2) is 7.68. The van der Waals surface area contributed by atoms with Gasteiger partial charge in [-0.1, -0.05) is 13.3 Å². The third kappa shape index (κ3) is 5.27. The number of nitrogens with two attached hydrogens (primary N) is 1. The molecule has 22 heavy (non-hydrogen) atoms. The van der Waals surface area contributed by atoms with E-state index in [0.717, 1.165) is 12.8 Å². The van der Waals surface area contributed by atoms with Gasteiger partial charge < -0.3 is 20.5 Å². The number of benzene rings is 1. The topological polar surface area (TPSA) is 90.6 Å². The minimum absolute atomic E-state index is 0.182. The Morgan fingerprint density at radius 3 is 2.50 bits per heavy atom. The number of hydrogen-bond donors (Lipinski definition) is 2. The minimum atomic E-state index is -0.579. The molecule has 3 N–H and O–H groups in total. The Labute approximate surface area is 131 Å². The summed E-state index contributed by atoms with van der Waals surface area (Å²) in [5.41, 5.74) is 5.23. The molecule has 122 valence electrons. The fourth-order valence-corrected chi connectivity index (χ4v) is 2.14. The van der Waals surface area contributed by atoms with E-state index in [0.29, 0.717) is 17.1 Å². The lowest BCUT2D eigenvalue weighted by molar-refractivity contribution is -0.119. The molecule has 0 aliphatic rings. The first-order chi connectivity index (χ1) is 10.3. The van der Waals surface area contributed by atoms with Crippen LogP contribution in [0.15, 0.2) is 18.2 Å². The van der Waals surface area contributed by atoms with Crippen LogP contribution in [0.25, 0.3) is 0 Å².